The van der Waals surface area contributed by atoms with Gasteiger partial charge >= 0.3 is 0 Å². The highest BCUT2D eigenvalue weighted by Gasteiger charge is 2.22. The van der Waals surface area contributed by atoms with Gasteiger partial charge in [-0.25, -0.2) is 4.98 Å². The van der Waals surface area contributed by atoms with E-state index in [1.54, 1.807) is 11.3 Å². The average molecular weight is 628 g/mol. The summed E-state index contributed by atoms with van der Waals surface area (Å²) in [6.45, 7) is 4.23. The Morgan fingerprint density at radius 3 is 2.18 bits per heavy atom. The van der Waals surface area contributed by atoms with E-state index in [4.69, 9.17) is 16.6 Å². The summed E-state index contributed by atoms with van der Waals surface area (Å²) in [6, 6.07) is 37.2. The zero-order valence-corrected chi connectivity index (χ0v) is 26.1. The third-order valence-electron chi connectivity index (χ3n) is 8.62. The number of amides is 1. The Kier molecular flexibility index (Phi) is 7.12. The maximum absolute atomic E-state index is 13.8. The average Bonchev–Trinajstić information content (AvgIpc) is 3.66. The number of nitrogens with zero attached hydrogens (tertiary/aromatic N) is 4. The SMILES string of the molecule is O=C(NCc1ccc(N2CCN(c3ccc(Cl)cc3)CC2)cc1)c1c(-c2ccc3sc4ccccc4c3c2)nc2ccccn12. The molecule has 4 aromatic carbocycles. The molecule has 0 aliphatic carbocycles. The molecule has 0 unspecified atom stereocenters. The molecule has 1 aliphatic rings. The van der Waals surface area contributed by atoms with Crippen molar-refractivity contribution in [3.8, 4) is 11.3 Å². The number of hydrogen-bond acceptors (Lipinski definition) is 5. The summed E-state index contributed by atoms with van der Waals surface area (Å²) in [5.74, 6) is -0.152. The number of carbonyl (C=O) groups excluding carboxylic acids is 1. The van der Waals surface area contributed by atoms with Crippen molar-refractivity contribution in [1.82, 2.24) is 14.7 Å². The zero-order chi connectivity index (χ0) is 30.3. The second-order valence-electron chi connectivity index (χ2n) is 11.3. The van der Waals surface area contributed by atoms with E-state index in [9.17, 15) is 4.79 Å². The first kappa shape index (κ1) is 27.7. The number of thiophene rings is 1. The summed E-state index contributed by atoms with van der Waals surface area (Å²) in [5.41, 5.74) is 6.35. The molecule has 7 aromatic rings. The minimum absolute atomic E-state index is 0.152. The first-order chi connectivity index (χ1) is 22.1. The van der Waals surface area contributed by atoms with Gasteiger partial charge in [0.2, 0.25) is 0 Å². The monoisotopic (exact) mass is 627 g/mol. The number of piperazine rings is 1. The fourth-order valence-electron chi connectivity index (χ4n) is 6.25. The molecule has 0 spiro atoms. The predicted molar refractivity (Wildman–Crippen MR) is 187 cm³/mol. The molecule has 8 rings (SSSR count). The number of anilines is 2. The van der Waals surface area contributed by atoms with Crippen LogP contribution in [0.1, 0.15) is 16.1 Å². The van der Waals surface area contributed by atoms with Gasteiger partial charge in [0.25, 0.3) is 5.91 Å². The first-order valence-electron chi connectivity index (χ1n) is 15.1. The Morgan fingerprint density at radius 1 is 0.756 bits per heavy atom. The van der Waals surface area contributed by atoms with Gasteiger partial charge in [-0.05, 0) is 72.3 Å². The van der Waals surface area contributed by atoms with Crippen LogP contribution in [0.5, 0.6) is 0 Å². The van der Waals surface area contributed by atoms with Crippen LogP contribution in [-0.2, 0) is 6.54 Å². The summed E-state index contributed by atoms with van der Waals surface area (Å²) in [6.07, 6.45) is 1.90. The standard InChI is InChI=1S/C37H30ClN5OS/c38-27-11-15-29(16-12-27)42-21-19-41(20-22-42)28-13-8-25(9-14-28)24-39-37(44)36-35(40-34-7-3-4-18-43(34)36)26-10-17-33-31(23-26)30-5-1-2-6-32(30)45-33/h1-18,23H,19-22,24H2,(H,39,44). The molecule has 45 heavy (non-hydrogen) atoms. The van der Waals surface area contributed by atoms with Crippen LogP contribution >= 0.6 is 22.9 Å². The topological polar surface area (TPSA) is 52.9 Å². The van der Waals surface area contributed by atoms with Crippen molar-refractivity contribution >= 4 is 66.0 Å². The van der Waals surface area contributed by atoms with Crippen LogP contribution in [0.25, 0.3) is 37.1 Å². The second-order valence-corrected chi connectivity index (χ2v) is 12.9. The number of nitrogens with one attached hydrogen (secondary N) is 1. The van der Waals surface area contributed by atoms with Crippen molar-refractivity contribution in [1.29, 1.82) is 0 Å². The molecule has 1 amide bonds. The van der Waals surface area contributed by atoms with E-state index in [1.165, 1.54) is 31.5 Å². The highest BCUT2D eigenvalue weighted by Crippen LogP contribution is 2.37. The maximum atomic E-state index is 13.8. The molecule has 3 aromatic heterocycles. The summed E-state index contributed by atoms with van der Waals surface area (Å²) in [4.78, 5) is 23.5. The number of rotatable bonds is 6. The molecule has 0 bridgehead atoms. The van der Waals surface area contributed by atoms with Crippen molar-refractivity contribution in [2.45, 2.75) is 6.54 Å². The van der Waals surface area contributed by atoms with E-state index in [0.29, 0.717) is 17.9 Å². The van der Waals surface area contributed by atoms with Crippen molar-refractivity contribution in [2.24, 2.45) is 0 Å². The lowest BCUT2D eigenvalue weighted by Gasteiger charge is -2.37. The number of carbonyl (C=O) groups is 1. The van der Waals surface area contributed by atoms with Crippen molar-refractivity contribution in [3.63, 3.8) is 0 Å². The zero-order valence-electron chi connectivity index (χ0n) is 24.5. The highest BCUT2D eigenvalue weighted by molar-refractivity contribution is 7.25. The first-order valence-corrected chi connectivity index (χ1v) is 16.3. The Labute approximate surface area is 270 Å². The van der Waals surface area contributed by atoms with Crippen molar-refractivity contribution in [2.75, 3.05) is 36.0 Å². The minimum Gasteiger partial charge on any atom is -0.368 e. The van der Waals surface area contributed by atoms with Gasteiger partial charge < -0.3 is 15.1 Å². The molecule has 4 heterocycles. The van der Waals surface area contributed by atoms with Gasteiger partial charge in [0, 0.05) is 81.1 Å². The summed E-state index contributed by atoms with van der Waals surface area (Å²) in [5, 5.41) is 6.33. The van der Waals surface area contributed by atoms with E-state index >= 15 is 0 Å². The van der Waals surface area contributed by atoms with Crippen molar-refractivity contribution < 1.29 is 4.79 Å². The molecule has 6 nitrogen and oxygen atoms in total. The van der Waals surface area contributed by atoms with Gasteiger partial charge in [-0.1, -0.05) is 54.1 Å². The fraction of sp³-hybridized carbons (Fsp3) is 0.135. The molecule has 0 radical (unpaired) electrons. The van der Waals surface area contributed by atoms with Gasteiger partial charge in [0.15, 0.2) is 0 Å². The number of imidazole rings is 1. The molecule has 0 saturated carbocycles. The lowest BCUT2D eigenvalue weighted by atomic mass is 10.1. The number of hydrogen-bond donors (Lipinski definition) is 1. The van der Waals surface area contributed by atoms with Gasteiger partial charge in [-0.15, -0.1) is 11.3 Å². The maximum Gasteiger partial charge on any atom is 0.270 e. The third kappa shape index (κ3) is 5.28. The smallest absolute Gasteiger partial charge is 0.270 e. The molecule has 8 heteroatoms. The molecular weight excluding hydrogens is 598 g/mol. The van der Waals surface area contributed by atoms with Crippen LogP contribution in [0.3, 0.4) is 0 Å². The predicted octanol–water partition coefficient (Wildman–Crippen LogP) is 8.28. The Balaban J connectivity index is 0.992. The van der Waals surface area contributed by atoms with Gasteiger partial charge in [0.05, 0.1) is 0 Å². The summed E-state index contributed by atoms with van der Waals surface area (Å²) < 4.78 is 4.36. The normalized spacial score (nSPS) is 13.6. The van der Waals surface area contributed by atoms with Crippen LogP contribution < -0.4 is 15.1 Å². The van der Waals surface area contributed by atoms with E-state index in [2.05, 4.69) is 94.0 Å². The van der Waals surface area contributed by atoms with E-state index in [-0.39, 0.29) is 5.91 Å². The number of benzene rings is 4. The largest absolute Gasteiger partial charge is 0.368 e. The van der Waals surface area contributed by atoms with Gasteiger partial charge in [-0.2, -0.15) is 0 Å². The van der Waals surface area contributed by atoms with Crippen LogP contribution in [-0.4, -0.2) is 41.5 Å². The number of aromatic nitrogens is 2. The number of fused-ring (bicyclic) bond motifs is 4. The molecule has 1 N–H and O–H groups in total. The molecule has 0 atom stereocenters. The molecule has 1 saturated heterocycles. The third-order valence-corrected chi connectivity index (χ3v) is 10.0. The van der Waals surface area contributed by atoms with Crippen molar-refractivity contribution in [3.05, 3.63) is 132 Å². The van der Waals surface area contributed by atoms with E-state index in [1.807, 2.05) is 40.9 Å². The summed E-state index contributed by atoms with van der Waals surface area (Å²) >= 11 is 7.85. The number of halogens is 1. The van der Waals surface area contributed by atoms with Crippen LogP contribution in [0.2, 0.25) is 5.02 Å². The van der Waals surface area contributed by atoms with Crippen LogP contribution in [0.4, 0.5) is 11.4 Å². The molecule has 1 aliphatic heterocycles. The van der Waals surface area contributed by atoms with Gasteiger partial charge in [-0.3, -0.25) is 9.20 Å². The van der Waals surface area contributed by atoms with Gasteiger partial charge in [0.1, 0.15) is 17.0 Å². The lowest BCUT2D eigenvalue weighted by Crippen LogP contribution is -2.46. The Bertz CT molecular complexity index is 2160. The van der Waals surface area contributed by atoms with E-state index in [0.717, 1.165) is 48.0 Å². The lowest BCUT2D eigenvalue weighted by molar-refractivity contribution is 0.0945. The van der Waals surface area contributed by atoms with Crippen LogP contribution in [0.15, 0.2) is 115 Å². The molecule has 1 fully saturated rings. The highest BCUT2D eigenvalue weighted by atomic mass is 35.5. The quantitative estimate of drug-likeness (QED) is 0.202. The molecule has 222 valence electrons. The fourth-order valence-corrected chi connectivity index (χ4v) is 7.47. The Hall–Kier alpha value is -4.85. The van der Waals surface area contributed by atoms with Crippen LogP contribution in [0, 0.1) is 0 Å². The number of pyridine rings is 1. The minimum atomic E-state index is -0.152. The van der Waals surface area contributed by atoms with E-state index < -0.39 is 0 Å². The Morgan fingerprint density at radius 2 is 1.42 bits per heavy atom. The summed E-state index contributed by atoms with van der Waals surface area (Å²) in [7, 11) is 0. The molecular formula is C37H30ClN5OS. The second kappa shape index (κ2) is 11.6.